The van der Waals surface area contributed by atoms with Crippen molar-refractivity contribution in [2.45, 2.75) is 52.9 Å². The Labute approximate surface area is 206 Å². The first-order chi connectivity index (χ1) is 16.2. The van der Waals surface area contributed by atoms with Gasteiger partial charge in [0.2, 0.25) is 5.76 Å². The van der Waals surface area contributed by atoms with Gasteiger partial charge in [-0.2, -0.15) is 5.10 Å². The standard InChI is InChI=1S/C26H26BrN3O4/c1-14(2)19-9-8-15(3)10-22(19)34-26(32)24-16(4)23-20(6-5-7-21(23)33-24)29-30-25(31)17-11-18(27)13-28-12-17/h8-14H,5-7H2,1-4H3,(H,30,31)/b29-20+. The average molecular weight is 524 g/mol. The van der Waals surface area contributed by atoms with Gasteiger partial charge in [-0.3, -0.25) is 9.78 Å². The maximum atomic E-state index is 13.1. The number of carbonyl (C=O) groups excluding carboxylic acids is 2. The van der Waals surface area contributed by atoms with Gasteiger partial charge in [-0.1, -0.05) is 26.0 Å². The Morgan fingerprint density at radius 2 is 1.97 bits per heavy atom. The van der Waals surface area contributed by atoms with E-state index in [9.17, 15) is 9.59 Å². The predicted molar refractivity (Wildman–Crippen MR) is 133 cm³/mol. The first-order valence-corrected chi connectivity index (χ1v) is 12.0. The number of hydrogen-bond donors (Lipinski definition) is 1. The van der Waals surface area contributed by atoms with E-state index < -0.39 is 5.97 Å². The maximum Gasteiger partial charge on any atom is 0.379 e. The van der Waals surface area contributed by atoms with Crippen molar-refractivity contribution in [2.75, 3.05) is 0 Å². The Morgan fingerprint density at radius 1 is 1.18 bits per heavy atom. The SMILES string of the molecule is Cc1ccc(C(C)C)c(OC(=O)c2oc3c(c2C)/C(=N/NC(=O)c2cncc(Br)c2)CCC3)c1. The molecule has 8 heteroatoms. The Morgan fingerprint density at radius 3 is 2.71 bits per heavy atom. The summed E-state index contributed by atoms with van der Waals surface area (Å²) in [4.78, 5) is 29.6. The van der Waals surface area contributed by atoms with Gasteiger partial charge in [-0.15, -0.1) is 0 Å². The molecule has 0 fully saturated rings. The molecular formula is C26H26BrN3O4. The van der Waals surface area contributed by atoms with E-state index in [1.807, 2.05) is 32.0 Å². The number of aryl methyl sites for hydroxylation is 2. The van der Waals surface area contributed by atoms with Crippen LogP contribution in [-0.4, -0.2) is 22.6 Å². The third-order valence-corrected chi connectivity index (χ3v) is 6.20. The van der Waals surface area contributed by atoms with Crippen LogP contribution in [0.15, 0.2) is 50.7 Å². The second-order valence-corrected chi connectivity index (χ2v) is 9.60. The van der Waals surface area contributed by atoms with E-state index in [0.717, 1.165) is 23.1 Å². The normalized spacial score (nSPS) is 14.2. The van der Waals surface area contributed by atoms with E-state index in [-0.39, 0.29) is 17.6 Å². The molecule has 0 saturated carbocycles. The minimum atomic E-state index is -0.539. The summed E-state index contributed by atoms with van der Waals surface area (Å²) >= 11 is 3.31. The van der Waals surface area contributed by atoms with Crippen LogP contribution >= 0.6 is 15.9 Å². The van der Waals surface area contributed by atoms with Gasteiger partial charge in [0.15, 0.2) is 0 Å². The maximum absolute atomic E-state index is 13.1. The van der Waals surface area contributed by atoms with Crippen LogP contribution in [0.4, 0.5) is 0 Å². The molecule has 1 amide bonds. The van der Waals surface area contributed by atoms with Crippen molar-refractivity contribution in [3.05, 3.63) is 80.5 Å². The number of nitrogens with one attached hydrogen (secondary N) is 1. The summed E-state index contributed by atoms with van der Waals surface area (Å²) in [6.07, 6.45) is 5.23. The lowest BCUT2D eigenvalue weighted by Gasteiger charge is -2.13. The van der Waals surface area contributed by atoms with E-state index in [0.29, 0.717) is 45.7 Å². The topological polar surface area (TPSA) is 93.8 Å². The summed E-state index contributed by atoms with van der Waals surface area (Å²) in [5, 5.41) is 4.36. The highest BCUT2D eigenvalue weighted by molar-refractivity contribution is 9.10. The highest BCUT2D eigenvalue weighted by Crippen LogP contribution is 2.32. The molecule has 0 aliphatic heterocycles. The number of halogens is 1. The van der Waals surface area contributed by atoms with Gasteiger partial charge in [0.1, 0.15) is 11.5 Å². The van der Waals surface area contributed by atoms with Crippen molar-refractivity contribution >= 4 is 33.5 Å². The van der Waals surface area contributed by atoms with Crippen molar-refractivity contribution in [3.8, 4) is 5.75 Å². The van der Waals surface area contributed by atoms with E-state index in [4.69, 9.17) is 9.15 Å². The highest BCUT2D eigenvalue weighted by Gasteiger charge is 2.29. The summed E-state index contributed by atoms with van der Waals surface area (Å²) in [6.45, 7) is 7.89. The number of rotatable bonds is 5. The zero-order valence-electron chi connectivity index (χ0n) is 19.6. The zero-order valence-corrected chi connectivity index (χ0v) is 21.2. The number of aromatic nitrogens is 1. The molecule has 2 aromatic heterocycles. The number of esters is 1. The van der Waals surface area contributed by atoms with Crippen LogP contribution in [0.5, 0.6) is 5.75 Å². The monoisotopic (exact) mass is 523 g/mol. The largest absolute Gasteiger partial charge is 0.453 e. The number of nitrogens with zero attached hydrogens (tertiary/aromatic N) is 2. The molecule has 0 saturated heterocycles. The molecule has 4 rings (SSSR count). The van der Waals surface area contributed by atoms with Crippen LogP contribution in [0.3, 0.4) is 0 Å². The summed E-state index contributed by atoms with van der Waals surface area (Å²) in [5.41, 5.74) is 7.06. The van der Waals surface area contributed by atoms with E-state index >= 15 is 0 Å². The summed E-state index contributed by atoms with van der Waals surface area (Å²) in [6, 6.07) is 7.52. The van der Waals surface area contributed by atoms with Crippen molar-refractivity contribution in [1.29, 1.82) is 0 Å². The van der Waals surface area contributed by atoms with Gasteiger partial charge < -0.3 is 9.15 Å². The van der Waals surface area contributed by atoms with Crippen LogP contribution in [0.1, 0.15) is 81.5 Å². The van der Waals surface area contributed by atoms with Gasteiger partial charge in [0.25, 0.3) is 5.91 Å². The van der Waals surface area contributed by atoms with Crippen molar-refractivity contribution in [2.24, 2.45) is 5.10 Å². The van der Waals surface area contributed by atoms with E-state index in [1.165, 1.54) is 6.20 Å². The molecule has 7 nitrogen and oxygen atoms in total. The molecule has 0 unspecified atom stereocenters. The molecule has 0 radical (unpaired) electrons. The highest BCUT2D eigenvalue weighted by atomic mass is 79.9. The fourth-order valence-corrected chi connectivity index (χ4v) is 4.41. The summed E-state index contributed by atoms with van der Waals surface area (Å²) in [7, 11) is 0. The number of pyridine rings is 1. The zero-order chi connectivity index (χ0) is 24.4. The molecule has 1 aliphatic rings. The Balaban J connectivity index is 1.59. The summed E-state index contributed by atoms with van der Waals surface area (Å²) in [5.74, 6) is 0.687. The van der Waals surface area contributed by atoms with Crippen molar-refractivity contribution in [1.82, 2.24) is 10.4 Å². The molecule has 176 valence electrons. The van der Waals surface area contributed by atoms with Crippen molar-refractivity contribution in [3.63, 3.8) is 0 Å². The van der Waals surface area contributed by atoms with Gasteiger partial charge >= 0.3 is 5.97 Å². The molecule has 2 heterocycles. The molecule has 0 atom stereocenters. The molecule has 0 bridgehead atoms. The second-order valence-electron chi connectivity index (χ2n) is 8.68. The number of fused-ring (bicyclic) bond motifs is 1. The average Bonchev–Trinajstić information content (AvgIpc) is 3.14. The Kier molecular flexibility index (Phi) is 6.97. The minimum Gasteiger partial charge on any atom is -0.453 e. The van der Waals surface area contributed by atoms with Crippen LogP contribution < -0.4 is 10.2 Å². The Bertz CT molecular complexity index is 1290. The lowest BCUT2D eigenvalue weighted by atomic mass is 9.93. The van der Waals surface area contributed by atoms with Crippen LogP contribution in [0, 0.1) is 13.8 Å². The van der Waals surface area contributed by atoms with Gasteiger partial charge in [-0.05, 0) is 71.8 Å². The van der Waals surface area contributed by atoms with Crippen LogP contribution in [-0.2, 0) is 6.42 Å². The number of carbonyl (C=O) groups is 2. The molecular weight excluding hydrogens is 498 g/mol. The first-order valence-electron chi connectivity index (χ1n) is 11.2. The number of hydrazone groups is 1. The molecule has 34 heavy (non-hydrogen) atoms. The molecule has 0 spiro atoms. The molecule has 1 aliphatic carbocycles. The second kappa shape index (κ2) is 9.93. The van der Waals surface area contributed by atoms with E-state index in [1.54, 1.807) is 12.3 Å². The number of amides is 1. The molecule has 1 aromatic carbocycles. The fourth-order valence-electron chi connectivity index (χ4n) is 4.05. The smallest absolute Gasteiger partial charge is 0.379 e. The minimum absolute atomic E-state index is 0.165. The van der Waals surface area contributed by atoms with Gasteiger partial charge in [0.05, 0.1) is 11.3 Å². The van der Waals surface area contributed by atoms with Gasteiger partial charge in [-0.25, -0.2) is 10.2 Å². The van der Waals surface area contributed by atoms with Gasteiger partial charge in [0, 0.05) is 34.4 Å². The molecule has 3 aromatic rings. The third-order valence-electron chi connectivity index (χ3n) is 5.76. The number of ether oxygens (including phenoxy) is 1. The summed E-state index contributed by atoms with van der Waals surface area (Å²) < 4.78 is 12.4. The lowest BCUT2D eigenvalue weighted by Crippen LogP contribution is -2.22. The lowest BCUT2D eigenvalue weighted by molar-refractivity contribution is 0.0696. The fraction of sp³-hybridized carbons (Fsp3) is 0.308. The third kappa shape index (κ3) is 4.97. The predicted octanol–water partition coefficient (Wildman–Crippen LogP) is 5.87. The van der Waals surface area contributed by atoms with E-state index in [2.05, 4.69) is 45.3 Å². The Hall–Kier alpha value is -3.26. The van der Waals surface area contributed by atoms with Crippen LogP contribution in [0.2, 0.25) is 0 Å². The number of hydrogen-bond acceptors (Lipinski definition) is 6. The number of benzene rings is 1. The quantitative estimate of drug-likeness (QED) is 0.256. The molecule has 1 N–H and O–H groups in total. The number of furan rings is 1. The van der Waals surface area contributed by atoms with Crippen LogP contribution in [0.25, 0.3) is 0 Å². The van der Waals surface area contributed by atoms with Crippen molar-refractivity contribution < 1.29 is 18.7 Å². The first kappa shape index (κ1) is 23.9.